The van der Waals surface area contributed by atoms with Crippen molar-refractivity contribution < 1.29 is 4.39 Å². The van der Waals surface area contributed by atoms with Crippen LogP contribution in [-0.2, 0) is 6.54 Å². The number of hydrogen-bond acceptors (Lipinski definition) is 2. The Morgan fingerprint density at radius 3 is 2.80 bits per heavy atom. The lowest BCUT2D eigenvalue weighted by molar-refractivity contribution is 0.323. The van der Waals surface area contributed by atoms with Crippen LogP contribution in [0.1, 0.15) is 12.0 Å². The lowest BCUT2D eigenvalue weighted by atomic mass is 10.2. The monoisotopic (exact) mass is 230 g/mol. The molecule has 0 spiro atoms. The van der Waals surface area contributed by atoms with E-state index < -0.39 is 0 Å². The molecule has 15 heavy (non-hydrogen) atoms. The first-order valence-electron chi connectivity index (χ1n) is 4.96. The van der Waals surface area contributed by atoms with Gasteiger partial charge in [0.05, 0.1) is 5.02 Å². The van der Waals surface area contributed by atoms with Gasteiger partial charge >= 0.3 is 0 Å². The summed E-state index contributed by atoms with van der Waals surface area (Å²) in [5.74, 6) is -0.360. The molecule has 0 atom stereocenters. The highest BCUT2D eigenvalue weighted by molar-refractivity contribution is 6.30. The van der Waals surface area contributed by atoms with Crippen molar-refractivity contribution in [3.8, 4) is 0 Å². The van der Waals surface area contributed by atoms with Gasteiger partial charge in [0.1, 0.15) is 5.82 Å². The molecule has 0 amide bonds. The van der Waals surface area contributed by atoms with Crippen molar-refractivity contribution in [1.82, 2.24) is 4.90 Å². The average molecular weight is 231 g/mol. The second-order valence-electron chi connectivity index (χ2n) is 3.63. The van der Waals surface area contributed by atoms with Gasteiger partial charge in [-0.1, -0.05) is 17.7 Å². The Balaban J connectivity index is 2.53. The molecule has 1 rings (SSSR count). The van der Waals surface area contributed by atoms with Gasteiger partial charge in [0.15, 0.2) is 0 Å². The molecule has 0 saturated heterocycles. The third-order valence-electron chi connectivity index (χ3n) is 2.18. The Bertz CT molecular complexity index is 317. The minimum atomic E-state index is -0.360. The Morgan fingerprint density at radius 1 is 1.47 bits per heavy atom. The molecule has 1 aromatic carbocycles. The van der Waals surface area contributed by atoms with Crippen molar-refractivity contribution in [2.45, 2.75) is 13.0 Å². The summed E-state index contributed by atoms with van der Waals surface area (Å²) in [7, 11) is 1.99. The maximum Gasteiger partial charge on any atom is 0.142 e. The zero-order valence-corrected chi connectivity index (χ0v) is 9.60. The third kappa shape index (κ3) is 4.16. The largest absolute Gasteiger partial charge is 0.330 e. The van der Waals surface area contributed by atoms with E-state index in [2.05, 4.69) is 4.90 Å². The maximum absolute atomic E-state index is 13.1. The molecule has 0 unspecified atom stereocenters. The van der Waals surface area contributed by atoms with Crippen LogP contribution in [0, 0.1) is 5.82 Å². The Kier molecular flexibility index (Phi) is 5.02. The van der Waals surface area contributed by atoms with E-state index in [1.54, 1.807) is 6.07 Å². The number of rotatable bonds is 5. The van der Waals surface area contributed by atoms with Gasteiger partial charge in [-0.2, -0.15) is 0 Å². The van der Waals surface area contributed by atoms with Gasteiger partial charge in [0.25, 0.3) is 0 Å². The summed E-state index contributed by atoms with van der Waals surface area (Å²) in [5.41, 5.74) is 6.34. The summed E-state index contributed by atoms with van der Waals surface area (Å²) in [4.78, 5) is 2.11. The molecule has 0 aromatic heterocycles. The fraction of sp³-hybridized carbons (Fsp3) is 0.455. The van der Waals surface area contributed by atoms with Gasteiger partial charge in [-0.05, 0) is 44.3 Å². The minimum Gasteiger partial charge on any atom is -0.330 e. The van der Waals surface area contributed by atoms with E-state index in [0.29, 0.717) is 13.1 Å². The van der Waals surface area contributed by atoms with Crippen molar-refractivity contribution in [2.24, 2.45) is 5.73 Å². The van der Waals surface area contributed by atoms with E-state index in [1.807, 2.05) is 13.1 Å². The highest BCUT2D eigenvalue weighted by atomic mass is 35.5. The second-order valence-corrected chi connectivity index (χ2v) is 4.04. The van der Waals surface area contributed by atoms with Crippen molar-refractivity contribution in [1.29, 1.82) is 0 Å². The van der Waals surface area contributed by atoms with Crippen molar-refractivity contribution >= 4 is 11.6 Å². The highest BCUT2D eigenvalue weighted by Gasteiger charge is 2.03. The lowest BCUT2D eigenvalue weighted by Gasteiger charge is -2.16. The standard InChI is InChI=1S/C11H16ClFN2/c1-15(6-2-5-14)8-9-3-4-10(12)11(13)7-9/h3-4,7H,2,5-6,8,14H2,1H3. The van der Waals surface area contributed by atoms with Gasteiger partial charge in [-0.25, -0.2) is 4.39 Å². The topological polar surface area (TPSA) is 29.3 Å². The number of hydrogen-bond donors (Lipinski definition) is 1. The SMILES string of the molecule is CN(CCCN)Cc1ccc(Cl)c(F)c1. The van der Waals surface area contributed by atoms with E-state index in [0.717, 1.165) is 18.5 Å². The molecular weight excluding hydrogens is 215 g/mol. The molecule has 84 valence electrons. The summed E-state index contributed by atoms with van der Waals surface area (Å²) >= 11 is 5.60. The van der Waals surface area contributed by atoms with E-state index in [1.165, 1.54) is 6.07 Å². The summed E-state index contributed by atoms with van der Waals surface area (Å²) < 4.78 is 13.1. The highest BCUT2D eigenvalue weighted by Crippen LogP contribution is 2.16. The molecule has 0 aliphatic carbocycles. The fourth-order valence-electron chi connectivity index (χ4n) is 1.39. The van der Waals surface area contributed by atoms with Crippen LogP contribution < -0.4 is 5.73 Å². The Labute approximate surface area is 94.8 Å². The zero-order chi connectivity index (χ0) is 11.3. The maximum atomic E-state index is 13.1. The normalized spacial score (nSPS) is 11.0. The van der Waals surface area contributed by atoms with Gasteiger partial charge in [0.2, 0.25) is 0 Å². The van der Waals surface area contributed by atoms with Crippen LogP contribution in [-0.4, -0.2) is 25.0 Å². The quantitative estimate of drug-likeness (QED) is 0.841. The number of benzene rings is 1. The van der Waals surface area contributed by atoms with Crippen LogP contribution in [0.3, 0.4) is 0 Å². The molecule has 2 nitrogen and oxygen atoms in total. The molecule has 0 saturated carbocycles. The third-order valence-corrected chi connectivity index (χ3v) is 2.49. The summed E-state index contributed by atoms with van der Waals surface area (Å²) in [6.45, 7) is 2.31. The first kappa shape index (κ1) is 12.4. The van der Waals surface area contributed by atoms with Crippen LogP contribution in [0.25, 0.3) is 0 Å². The molecule has 4 heteroatoms. The van der Waals surface area contributed by atoms with E-state index in [9.17, 15) is 4.39 Å². The predicted molar refractivity (Wildman–Crippen MR) is 61.4 cm³/mol. The Morgan fingerprint density at radius 2 is 2.20 bits per heavy atom. The summed E-state index contributed by atoms with van der Waals surface area (Å²) in [6.07, 6.45) is 0.951. The fourth-order valence-corrected chi connectivity index (χ4v) is 1.51. The molecule has 0 bridgehead atoms. The van der Waals surface area contributed by atoms with Crippen LogP contribution in [0.15, 0.2) is 18.2 Å². The molecular formula is C11H16ClFN2. The zero-order valence-electron chi connectivity index (χ0n) is 8.84. The van der Waals surface area contributed by atoms with Gasteiger partial charge in [0, 0.05) is 6.54 Å². The second kappa shape index (κ2) is 6.05. The molecule has 0 aliphatic rings. The average Bonchev–Trinajstić information content (AvgIpc) is 2.20. The lowest BCUT2D eigenvalue weighted by Crippen LogP contribution is -2.21. The molecule has 0 radical (unpaired) electrons. The number of nitrogens with two attached hydrogens (primary N) is 1. The van der Waals surface area contributed by atoms with E-state index in [-0.39, 0.29) is 10.8 Å². The minimum absolute atomic E-state index is 0.170. The number of halogens is 2. The van der Waals surface area contributed by atoms with E-state index in [4.69, 9.17) is 17.3 Å². The first-order valence-corrected chi connectivity index (χ1v) is 5.34. The van der Waals surface area contributed by atoms with Crippen LogP contribution in [0.5, 0.6) is 0 Å². The van der Waals surface area contributed by atoms with Gasteiger partial charge < -0.3 is 10.6 Å². The molecule has 0 fully saturated rings. The molecule has 0 aliphatic heterocycles. The van der Waals surface area contributed by atoms with Crippen LogP contribution in [0.4, 0.5) is 4.39 Å². The van der Waals surface area contributed by atoms with Crippen molar-refractivity contribution in [3.63, 3.8) is 0 Å². The molecule has 0 heterocycles. The van der Waals surface area contributed by atoms with Crippen molar-refractivity contribution in [3.05, 3.63) is 34.6 Å². The van der Waals surface area contributed by atoms with Crippen LogP contribution >= 0.6 is 11.6 Å². The van der Waals surface area contributed by atoms with E-state index >= 15 is 0 Å². The summed E-state index contributed by atoms with van der Waals surface area (Å²) in [5, 5.41) is 0.170. The number of nitrogens with zero attached hydrogens (tertiary/aromatic N) is 1. The van der Waals surface area contributed by atoms with Crippen molar-refractivity contribution in [2.75, 3.05) is 20.1 Å². The van der Waals surface area contributed by atoms with Crippen LogP contribution in [0.2, 0.25) is 5.02 Å². The smallest absolute Gasteiger partial charge is 0.142 e. The first-order chi connectivity index (χ1) is 7.13. The molecule has 2 N–H and O–H groups in total. The van der Waals surface area contributed by atoms with Gasteiger partial charge in [-0.3, -0.25) is 0 Å². The molecule has 1 aromatic rings. The van der Waals surface area contributed by atoms with Gasteiger partial charge in [-0.15, -0.1) is 0 Å². The summed E-state index contributed by atoms with van der Waals surface area (Å²) in [6, 6.07) is 4.90. The Hall–Kier alpha value is -0.640. The predicted octanol–water partition coefficient (Wildman–Crippen LogP) is 2.26.